The molecule has 26 heavy (non-hydrogen) atoms. The van der Waals surface area contributed by atoms with Crippen molar-refractivity contribution in [1.82, 2.24) is 10.2 Å². The lowest BCUT2D eigenvalue weighted by molar-refractivity contribution is -0.127. The number of hydrogen-bond acceptors (Lipinski definition) is 4. The normalized spacial score (nSPS) is 22.7. The van der Waals surface area contributed by atoms with E-state index in [1.807, 2.05) is 30.3 Å². The second-order valence-electron chi connectivity index (χ2n) is 8.10. The molecule has 0 aromatic heterocycles. The van der Waals surface area contributed by atoms with Crippen molar-refractivity contribution in [2.45, 2.75) is 56.6 Å². The van der Waals surface area contributed by atoms with Gasteiger partial charge in [0.2, 0.25) is 5.91 Å². The predicted octanol–water partition coefficient (Wildman–Crippen LogP) is 2.21. The van der Waals surface area contributed by atoms with Crippen molar-refractivity contribution in [3.63, 3.8) is 0 Å². The molecule has 1 atom stereocenters. The molecule has 0 bridgehead atoms. The van der Waals surface area contributed by atoms with Crippen LogP contribution in [-0.4, -0.2) is 47.6 Å². The van der Waals surface area contributed by atoms with Crippen LogP contribution in [-0.2, 0) is 4.79 Å². The maximum atomic E-state index is 12.4. The molecule has 0 radical (unpaired) electrons. The molecule has 1 aromatic rings. The fraction of sp³-hybridized carbons (Fsp3) is 0.667. The Balaban J connectivity index is 1.38. The molecule has 5 heteroatoms. The topological polar surface area (TPSA) is 78.6 Å². The van der Waals surface area contributed by atoms with E-state index >= 15 is 0 Å². The monoisotopic (exact) mass is 359 g/mol. The number of aliphatic hydroxyl groups excluding tert-OH is 1. The van der Waals surface area contributed by atoms with E-state index in [4.69, 9.17) is 5.73 Å². The van der Waals surface area contributed by atoms with Crippen LogP contribution in [0.25, 0.3) is 0 Å². The molecule has 1 aliphatic carbocycles. The number of benzene rings is 1. The number of β-amino-alcohol motifs (C(OH)–C–C–N with tert-alkyl or cyclic N) is 1. The number of hydrogen-bond donors (Lipinski definition) is 3. The van der Waals surface area contributed by atoms with Crippen LogP contribution in [0, 0.1) is 5.92 Å². The maximum Gasteiger partial charge on any atom is 0.240 e. The molecule has 1 amide bonds. The molecule has 2 fully saturated rings. The lowest BCUT2D eigenvalue weighted by atomic mass is 9.81. The van der Waals surface area contributed by atoms with E-state index in [1.54, 1.807) is 0 Å². The van der Waals surface area contributed by atoms with E-state index in [-0.39, 0.29) is 5.91 Å². The smallest absolute Gasteiger partial charge is 0.240 e. The zero-order valence-electron chi connectivity index (χ0n) is 15.7. The Hall–Kier alpha value is -1.43. The largest absolute Gasteiger partial charge is 0.387 e. The first kappa shape index (κ1) is 19.3. The summed E-state index contributed by atoms with van der Waals surface area (Å²) in [6, 6.07) is 9.84. The maximum absolute atomic E-state index is 12.4. The summed E-state index contributed by atoms with van der Waals surface area (Å²) in [4.78, 5) is 14.8. The van der Waals surface area contributed by atoms with E-state index in [2.05, 4.69) is 10.2 Å². The molecule has 3 rings (SSSR count). The van der Waals surface area contributed by atoms with Crippen LogP contribution in [0.5, 0.6) is 0 Å². The van der Waals surface area contributed by atoms with Gasteiger partial charge < -0.3 is 21.1 Å². The minimum Gasteiger partial charge on any atom is -0.387 e. The number of nitrogens with zero attached hydrogens (tertiary/aromatic N) is 1. The van der Waals surface area contributed by atoms with Gasteiger partial charge in [-0.05, 0) is 50.3 Å². The first-order valence-electron chi connectivity index (χ1n) is 10.1. The average molecular weight is 360 g/mol. The van der Waals surface area contributed by atoms with Crippen LogP contribution in [0.3, 0.4) is 0 Å². The Bertz CT molecular complexity index is 564. The van der Waals surface area contributed by atoms with E-state index in [9.17, 15) is 9.90 Å². The van der Waals surface area contributed by atoms with Crippen molar-refractivity contribution in [1.29, 1.82) is 0 Å². The SMILES string of the molecule is NC1(C(=O)NCC2CCN(CC(O)c3ccccc3)CC2)CCCCC1. The van der Waals surface area contributed by atoms with Gasteiger partial charge in [0.1, 0.15) is 0 Å². The van der Waals surface area contributed by atoms with Gasteiger partial charge in [0.25, 0.3) is 0 Å². The number of carbonyl (C=O) groups is 1. The van der Waals surface area contributed by atoms with Crippen molar-refractivity contribution in [2.24, 2.45) is 11.7 Å². The third-order valence-corrected chi connectivity index (χ3v) is 6.07. The van der Waals surface area contributed by atoms with E-state index in [1.165, 1.54) is 6.42 Å². The molecule has 5 nitrogen and oxygen atoms in total. The highest BCUT2D eigenvalue weighted by molar-refractivity contribution is 5.86. The Kier molecular flexibility index (Phi) is 6.68. The van der Waals surface area contributed by atoms with E-state index < -0.39 is 11.6 Å². The van der Waals surface area contributed by atoms with Crippen LogP contribution in [0.1, 0.15) is 56.6 Å². The first-order valence-corrected chi connectivity index (χ1v) is 10.1. The fourth-order valence-corrected chi connectivity index (χ4v) is 4.22. The molecule has 4 N–H and O–H groups in total. The summed E-state index contributed by atoms with van der Waals surface area (Å²) in [5.74, 6) is 0.551. The van der Waals surface area contributed by atoms with Crippen LogP contribution >= 0.6 is 0 Å². The molecule has 1 saturated carbocycles. The number of carbonyl (C=O) groups excluding carboxylic acids is 1. The highest BCUT2D eigenvalue weighted by Gasteiger charge is 2.35. The summed E-state index contributed by atoms with van der Waals surface area (Å²) in [7, 11) is 0. The Morgan fingerprint density at radius 1 is 1.19 bits per heavy atom. The van der Waals surface area contributed by atoms with Gasteiger partial charge >= 0.3 is 0 Å². The van der Waals surface area contributed by atoms with Gasteiger partial charge in [-0.2, -0.15) is 0 Å². The molecule has 1 aliphatic heterocycles. The summed E-state index contributed by atoms with van der Waals surface area (Å²) >= 11 is 0. The van der Waals surface area contributed by atoms with Crippen LogP contribution in [0.4, 0.5) is 0 Å². The zero-order valence-corrected chi connectivity index (χ0v) is 15.7. The van der Waals surface area contributed by atoms with E-state index in [0.717, 1.165) is 63.7 Å². The highest BCUT2D eigenvalue weighted by Crippen LogP contribution is 2.26. The van der Waals surface area contributed by atoms with Crippen molar-refractivity contribution >= 4 is 5.91 Å². The van der Waals surface area contributed by atoms with Crippen molar-refractivity contribution in [2.75, 3.05) is 26.2 Å². The van der Waals surface area contributed by atoms with Gasteiger partial charge in [-0.25, -0.2) is 0 Å². The Morgan fingerprint density at radius 2 is 1.85 bits per heavy atom. The summed E-state index contributed by atoms with van der Waals surface area (Å²) < 4.78 is 0. The van der Waals surface area contributed by atoms with Gasteiger partial charge in [0.15, 0.2) is 0 Å². The lowest BCUT2D eigenvalue weighted by Crippen LogP contribution is -2.56. The number of amides is 1. The number of nitrogens with two attached hydrogens (primary N) is 1. The number of nitrogens with one attached hydrogen (secondary N) is 1. The summed E-state index contributed by atoms with van der Waals surface area (Å²) in [5.41, 5.74) is 6.64. The average Bonchev–Trinajstić information content (AvgIpc) is 2.68. The van der Waals surface area contributed by atoms with Gasteiger partial charge in [-0.1, -0.05) is 49.6 Å². The molecular weight excluding hydrogens is 326 g/mol. The van der Waals surface area contributed by atoms with Crippen LogP contribution in [0.2, 0.25) is 0 Å². The standard InChI is InChI=1S/C21H33N3O2/c22-21(11-5-2-6-12-21)20(26)23-15-17-9-13-24(14-10-17)16-19(25)18-7-3-1-4-8-18/h1,3-4,7-8,17,19,25H,2,5-6,9-16,22H2,(H,23,26). The quantitative estimate of drug-likeness (QED) is 0.728. The number of aliphatic hydroxyl groups is 1. The molecule has 1 heterocycles. The second kappa shape index (κ2) is 8.98. The van der Waals surface area contributed by atoms with Gasteiger partial charge in [0, 0.05) is 13.1 Å². The Labute approximate surface area is 156 Å². The van der Waals surface area contributed by atoms with Crippen LogP contribution in [0.15, 0.2) is 30.3 Å². The van der Waals surface area contributed by atoms with Crippen molar-refractivity contribution in [3.05, 3.63) is 35.9 Å². The minimum atomic E-state index is -0.640. The van der Waals surface area contributed by atoms with Crippen LogP contribution < -0.4 is 11.1 Å². The van der Waals surface area contributed by atoms with Crippen molar-refractivity contribution < 1.29 is 9.90 Å². The molecular formula is C21H33N3O2. The summed E-state index contributed by atoms with van der Waals surface area (Å²) in [6.45, 7) is 3.35. The number of piperidine rings is 1. The first-order chi connectivity index (χ1) is 12.6. The lowest BCUT2D eigenvalue weighted by Gasteiger charge is -2.35. The van der Waals surface area contributed by atoms with Gasteiger partial charge in [0.05, 0.1) is 11.6 Å². The third kappa shape index (κ3) is 5.06. The van der Waals surface area contributed by atoms with Crippen molar-refractivity contribution in [3.8, 4) is 0 Å². The molecule has 1 saturated heterocycles. The second-order valence-corrected chi connectivity index (χ2v) is 8.10. The molecule has 144 valence electrons. The predicted molar refractivity (Wildman–Crippen MR) is 104 cm³/mol. The summed E-state index contributed by atoms with van der Waals surface area (Å²) in [6.07, 6.45) is 6.62. The minimum absolute atomic E-state index is 0.0409. The third-order valence-electron chi connectivity index (χ3n) is 6.07. The van der Waals surface area contributed by atoms with E-state index in [0.29, 0.717) is 12.5 Å². The zero-order chi connectivity index (χ0) is 18.4. The Morgan fingerprint density at radius 3 is 2.50 bits per heavy atom. The molecule has 2 aliphatic rings. The fourth-order valence-electron chi connectivity index (χ4n) is 4.22. The number of rotatable bonds is 6. The highest BCUT2D eigenvalue weighted by atomic mass is 16.3. The molecule has 1 unspecified atom stereocenters. The van der Waals surface area contributed by atoms with Gasteiger partial charge in [-0.3, -0.25) is 4.79 Å². The summed E-state index contributed by atoms with van der Waals surface area (Å²) in [5, 5.41) is 13.5. The molecule has 0 spiro atoms. The van der Waals surface area contributed by atoms with Gasteiger partial charge in [-0.15, -0.1) is 0 Å². The molecule has 1 aromatic carbocycles. The number of likely N-dealkylation sites (tertiary alicyclic amines) is 1.